The van der Waals surface area contributed by atoms with E-state index in [4.69, 9.17) is 11.6 Å². The third kappa shape index (κ3) is 3.95. The van der Waals surface area contributed by atoms with Gasteiger partial charge in [-0.15, -0.1) is 11.3 Å². The molecule has 0 aliphatic carbocycles. The van der Waals surface area contributed by atoms with E-state index in [1.165, 1.54) is 15.6 Å². The molecule has 1 aromatic carbocycles. The standard InChI is InChI=1S/C18H16BrClN4O2S2/c19-14-5-3-13(4-6-14)18-22-16(12-27-18)28(25,26)24-10-8-23(9-11-24)17-15(20)2-1-7-21-17/h1-7,12H,8-11H2. The van der Waals surface area contributed by atoms with Crippen LogP contribution in [-0.2, 0) is 10.0 Å². The Morgan fingerprint density at radius 2 is 1.79 bits per heavy atom. The summed E-state index contributed by atoms with van der Waals surface area (Å²) in [5, 5.41) is 2.96. The Morgan fingerprint density at radius 1 is 1.07 bits per heavy atom. The molecule has 28 heavy (non-hydrogen) atoms. The molecule has 1 aliphatic rings. The van der Waals surface area contributed by atoms with Gasteiger partial charge in [0, 0.05) is 47.8 Å². The molecule has 2 aromatic heterocycles. The second kappa shape index (κ2) is 8.08. The van der Waals surface area contributed by atoms with Crippen LogP contribution >= 0.6 is 38.9 Å². The molecule has 1 saturated heterocycles. The van der Waals surface area contributed by atoms with Crippen molar-refractivity contribution < 1.29 is 8.42 Å². The van der Waals surface area contributed by atoms with Gasteiger partial charge in [0.15, 0.2) is 5.03 Å². The molecule has 0 saturated carbocycles. The first kappa shape index (κ1) is 19.8. The van der Waals surface area contributed by atoms with E-state index >= 15 is 0 Å². The summed E-state index contributed by atoms with van der Waals surface area (Å²) in [5.74, 6) is 0.687. The lowest BCUT2D eigenvalue weighted by Crippen LogP contribution is -2.49. The Kier molecular flexibility index (Phi) is 5.71. The first-order chi connectivity index (χ1) is 13.4. The van der Waals surface area contributed by atoms with Crippen LogP contribution in [0, 0.1) is 0 Å². The minimum Gasteiger partial charge on any atom is -0.353 e. The maximum Gasteiger partial charge on any atom is 0.261 e. The molecule has 3 heterocycles. The molecule has 0 N–H and O–H groups in total. The number of aromatic nitrogens is 2. The summed E-state index contributed by atoms with van der Waals surface area (Å²) >= 11 is 10.9. The van der Waals surface area contributed by atoms with Crippen LogP contribution < -0.4 is 4.90 Å². The zero-order chi connectivity index (χ0) is 19.7. The van der Waals surface area contributed by atoms with E-state index in [1.54, 1.807) is 23.7 Å². The molecule has 0 bridgehead atoms. The number of hydrogen-bond donors (Lipinski definition) is 0. The van der Waals surface area contributed by atoms with Gasteiger partial charge < -0.3 is 4.90 Å². The average molecular weight is 500 g/mol. The van der Waals surface area contributed by atoms with Gasteiger partial charge in [0.1, 0.15) is 10.8 Å². The zero-order valence-corrected chi connectivity index (χ0v) is 18.6. The summed E-state index contributed by atoms with van der Waals surface area (Å²) in [5.41, 5.74) is 0.893. The Balaban J connectivity index is 1.49. The number of piperazine rings is 1. The van der Waals surface area contributed by atoms with Gasteiger partial charge in [0.25, 0.3) is 10.0 Å². The van der Waals surface area contributed by atoms with Crippen molar-refractivity contribution in [1.29, 1.82) is 0 Å². The highest BCUT2D eigenvalue weighted by atomic mass is 79.9. The van der Waals surface area contributed by atoms with Crippen LogP contribution in [0.3, 0.4) is 0 Å². The van der Waals surface area contributed by atoms with Crippen molar-refractivity contribution in [1.82, 2.24) is 14.3 Å². The number of benzene rings is 1. The molecule has 6 nitrogen and oxygen atoms in total. The number of nitrogens with zero attached hydrogens (tertiary/aromatic N) is 4. The summed E-state index contributed by atoms with van der Waals surface area (Å²) in [4.78, 5) is 10.7. The molecule has 1 aliphatic heterocycles. The van der Waals surface area contributed by atoms with Crippen LogP contribution in [0.5, 0.6) is 0 Å². The third-order valence-corrected chi connectivity index (χ3v) is 8.10. The molecule has 1 fully saturated rings. The number of pyridine rings is 1. The Bertz CT molecular complexity index is 1080. The highest BCUT2D eigenvalue weighted by Gasteiger charge is 2.31. The SMILES string of the molecule is O=S(=O)(c1csc(-c2ccc(Br)cc2)n1)N1CCN(c2ncccc2Cl)CC1. The van der Waals surface area contributed by atoms with Crippen molar-refractivity contribution in [3.63, 3.8) is 0 Å². The van der Waals surface area contributed by atoms with Crippen LogP contribution in [0.2, 0.25) is 5.02 Å². The highest BCUT2D eigenvalue weighted by molar-refractivity contribution is 9.10. The molecule has 0 unspecified atom stereocenters. The van der Waals surface area contributed by atoms with E-state index in [9.17, 15) is 8.42 Å². The number of anilines is 1. The molecule has 0 atom stereocenters. The lowest BCUT2D eigenvalue weighted by atomic mass is 10.2. The molecule has 0 amide bonds. The van der Waals surface area contributed by atoms with Crippen molar-refractivity contribution in [2.24, 2.45) is 0 Å². The predicted octanol–water partition coefficient (Wildman–Crippen LogP) is 4.13. The average Bonchev–Trinajstić information content (AvgIpc) is 3.20. The minimum atomic E-state index is -3.63. The molecule has 4 rings (SSSR count). The summed E-state index contributed by atoms with van der Waals surface area (Å²) in [7, 11) is -3.63. The second-order valence-corrected chi connectivity index (χ2v) is 10.3. The molecule has 146 valence electrons. The number of thiazole rings is 1. The number of halogens is 2. The first-order valence-electron chi connectivity index (χ1n) is 8.52. The van der Waals surface area contributed by atoms with E-state index in [0.717, 1.165) is 10.0 Å². The number of rotatable bonds is 4. The van der Waals surface area contributed by atoms with Crippen molar-refractivity contribution >= 4 is 54.7 Å². The molecule has 10 heteroatoms. The van der Waals surface area contributed by atoms with Crippen molar-refractivity contribution in [2.45, 2.75) is 5.03 Å². The predicted molar refractivity (Wildman–Crippen MR) is 115 cm³/mol. The fourth-order valence-corrected chi connectivity index (χ4v) is 5.98. The van der Waals surface area contributed by atoms with Gasteiger partial charge in [0.2, 0.25) is 0 Å². The van der Waals surface area contributed by atoms with Gasteiger partial charge in [0.05, 0.1) is 5.02 Å². The maximum atomic E-state index is 13.0. The second-order valence-electron chi connectivity index (χ2n) is 6.20. The molecular weight excluding hydrogens is 484 g/mol. The summed E-state index contributed by atoms with van der Waals surface area (Å²) in [6, 6.07) is 11.2. The quantitative estimate of drug-likeness (QED) is 0.540. The zero-order valence-electron chi connectivity index (χ0n) is 14.6. The summed E-state index contributed by atoms with van der Waals surface area (Å²) < 4.78 is 28.4. The minimum absolute atomic E-state index is 0.0970. The molecule has 0 spiro atoms. The van der Waals surface area contributed by atoms with Crippen molar-refractivity contribution in [3.8, 4) is 10.6 Å². The topological polar surface area (TPSA) is 66.4 Å². The molecular formula is C18H16BrClN4O2S2. The van der Waals surface area contributed by atoms with Gasteiger partial charge in [-0.1, -0.05) is 39.7 Å². The molecule has 0 radical (unpaired) electrons. The van der Waals surface area contributed by atoms with Gasteiger partial charge in [-0.25, -0.2) is 18.4 Å². The van der Waals surface area contributed by atoms with Gasteiger partial charge >= 0.3 is 0 Å². The monoisotopic (exact) mass is 498 g/mol. The van der Waals surface area contributed by atoms with Gasteiger partial charge in [-0.05, 0) is 24.3 Å². The van der Waals surface area contributed by atoms with Gasteiger partial charge in [-0.3, -0.25) is 0 Å². The third-order valence-electron chi connectivity index (χ3n) is 4.46. The largest absolute Gasteiger partial charge is 0.353 e. The van der Waals surface area contributed by atoms with E-state index in [2.05, 4.69) is 25.9 Å². The highest BCUT2D eigenvalue weighted by Crippen LogP contribution is 2.29. The maximum absolute atomic E-state index is 13.0. The van der Waals surface area contributed by atoms with Crippen LogP contribution in [0.4, 0.5) is 5.82 Å². The van der Waals surface area contributed by atoms with Crippen molar-refractivity contribution in [3.05, 3.63) is 57.5 Å². The van der Waals surface area contributed by atoms with Gasteiger partial charge in [-0.2, -0.15) is 4.31 Å². The Morgan fingerprint density at radius 3 is 2.46 bits per heavy atom. The van der Waals surface area contributed by atoms with Crippen LogP contribution in [0.1, 0.15) is 0 Å². The lowest BCUT2D eigenvalue weighted by Gasteiger charge is -2.34. The first-order valence-corrected chi connectivity index (χ1v) is 12.0. The fourth-order valence-electron chi connectivity index (χ4n) is 2.99. The summed E-state index contributed by atoms with van der Waals surface area (Å²) in [6.45, 7) is 1.78. The Labute approximate surface area is 181 Å². The molecule has 3 aromatic rings. The lowest BCUT2D eigenvalue weighted by molar-refractivity contribution is 0.382. The number of sulfonamides is 1. The van der Waals surface area contributed by atoms with Crippen LogP contribution in [0.15, 0.2) is 57.5 Å². The fraction of sp³-hybridized carbons (Fsp3) is 0.222. The van der Waals surface area contributed by atoms with Crippen molar-refractivity contribution in [2.75, 3.05) is 31.1 Å². The van der Waals surface area contributed by atoms with Crippen LogP contribution in [-0.4, -0.2) is 48.9 Å². The summed E-state index contributed by atoms with van der Waals surface area (Å²) in [6.07, 6.45) is 1.68. The smallest absolute Gasteiger partial charge is 0.261 e. The number of hydrogen-bond acceptors (Lipinski definition) is 6. The normalized spacial score (nSPS) is 15.7. The van der Waals surface area contributed by atoms with E-state index in [1.807, 2.05) is 29.2 Å². The Hall–Kier alpha value is -1.52. The van der Waals surface area contributed by atoms with E-state index < -0.39 is 10.0 Å². The van der Waals surface area contributed by atoms with E-state index in [0.29, 0.717) is 42.0 Å². The van der Waals surface area contributed by atoms with Crippen LogP contribution in [0.25, 0.3) is 10.6 Å². The van der Waals surface area contributed by atoms with E-state index in [-0.39, 0.29) is 5.03 Å².